The number of thiazole rings is 1. The zero-order chi connectivity index (χ0) is 51.0. The molecule has 1 aromatic heterocycles. The molecule has 1 unspecified atom stereocenters. The summed E-state index contributed by atoms with van der Waals surface area (Å²) in [4.78, 5) is 102. The van der Waals surface area contributed by atoms with E-state index in [4.69, 9.17) is 14.2 Å². The van der Waals surface area contributed by atoms with Gasteiger partial charge in [-0.25, -0.2) is 15.2 Å². The maximum absolute atomic E-state index is 14.9. The molecule has 2 aromatic rings. The highest BCUT2D eigenvalue weighted by molar-refractivity contribution is 8.76. The highest BCUT2D eigenvalue weighted by atomic mass is 33.1. The number of hydrogen-bond donors (Lipinski definition) is 5. The lowest BCUT2D eigenvalue weighted by molar-refractivity contribution is -0.160. The van der Waals surface area contributed by atoms with Gasteiger partial charge in [-0.2, -0.15) is 0 Å². The zero-order valence-electron chi connectivity index (χ0n) is 41.7. The summed E-state index contributed by atoms with van der Waals surface area (Å²) in [7, 11) is 5.19. The molecule has 7 atom stereocenters. The van der Waals surface area contributed by atoms with E-state index in [1.54, 1.807) is 40.6 Å². The highest BCUT2D eigenvalue weighted by Crippen LogP contribution is 2.32. The van der Waals surface area contributed by atoms with Gasteiger partial charge in [0, 0.05) is 54.7 Å². The number of likely N-dealkylation sites (tertiary alicyclic amines) is 1. The Morgan fingerprint density at radius 2 is 1.64 bits per heavy atom. The largest absolute Gasteiger partial charge is 0.508 e. The summed E-state index contributed by atoms with van der Waals surface area (Å²) < 4.78 is 16.7. The topological polar surface area (TPSA) is 235 Å². The molecule has 0 aliphatic carbocycles. The minimum absolute atomic E-state index is 0.0180. The normalized spacial score (nSPS) is 16.5. The van der Waals surface area contributed by atoms with Gasteiger partial charge in [0.05, 0.1) is 6.04 Å². The molecule has 5 N–H and O–H groups in total. The van der Waals surface area contributed by atoms with E-state index in [2.05, 4.69) is 33.4 Å². The van der Waals surface area contributed by atoms with E-state index in [0.29, 0.717) is 25.0 Å². The maximum Gasteiger partial charge on any atom is 0.426 e. The van der Waals surface area contributed by atoms with Crippen LogP contribution in [0.3, 0.4) is 0 Å². The first-order valence-corrected chi connectivity index (χ1v) is 27.4. The molecule has 21 heteroatoms. The summed E-state index contributed by atoms with van der Waals surface area (Å²) >= 11 is 1.09. The van der Waals surface area contributed by atoms with Crippen LogP contribution in [0, 0.1) is 17.8 Å². The number of carbonyl (C=O) groups is 7. The van der Waals surface area contributed by atoms with Gasteiger partial charge in [-0.05, 0) is 81.6 Å². The van der Waals surface area contributed by atoms with Crippen LogP contribution in [0.1, 0.15) is 140 Å². The van der Waals surface area contributed by atoms with E-state index in [0.717, 1.165) is 48.5 Å². The van der Waals surface area contributed by atoms with Crippen molar-refractivity contribution in [3.8, 4) is 5.75 Å². The number of esters is 2. The average Bonchev–Trinajstić information content (AvgIpc) is 3.81. The molecule has 1 fully saturated rings. The van der Waals surface area contributed by atoms with Crippen LogP contribution < -0.4 is 21.5 Å². The van der Waals surface area contributed by atoms with E-state index in [1.807, 2.05) is 46.6 Å². The van der Waals surface area contributed by atoms with Crippen molar-refractivity contribution in [3.63, 3.8) is 0 Å². The van der Waals surface area contributed by atoms with Gasteiger partial charge >= 0.3 is 18.0 Å². The lowest BCUT2D eigenvalue weighted by Crippen LogP contribution is -2.59. The SMILES string of the molecule is CCCSSCCOC(=O)NNC(=O)[C@@H](C)C[C@H](Cc1ccc(O)cc1)NC(=O)c1csc([C@@H](C[C@H](C(C)C)N(COC(=O)CCC)C(=O)[C@@H](NC(=O)[C@H]2CCCCN2C)C(C)CC)OC(C)=O)n1. The monoisotopic (exact) mass is 1020 g/mol. The number of aromatic nitrogens is 1. The number of piperidine rings is 1. The van der Waals surface area contributed by atoms with Crippen molar-refractivity contribution < 1.29 is 52.9 Å². The van der Waals surface area contributed by atoms with Crippen molar-refractivity contribution in [1.82, 2.24) is 36.3 Å². The average molecular weight is 1020 g/mol. The first-order chi connectivity index (χ1) is 32.9. The third-order valence-electron chi connectivity index (χ3n) is 11.8. The van der Waals surface area contributed by atoms with Crippen molar-refractivity contribution in [3.05, 3.63) is 45.9 Å². The van der Waals surface area contributed by atoms with Crippen LogP contribution >= 0.6 is 32.9 Å². The Kier molecular flexibility index (Phi) is 26.3. The molecule has 0 bridgehead atoms. The van der Waals surface area contributed by atoms with E-state index >= 15 is 0 Å². The Morgan fingerprint density at radius 1 is 0.928 bits per heavy atom. The number of benzene rings is 1. The number of carbonyl (C=O) groups excluding carboxylic acids is 7. The number of rotatable bonds is 28. The van der Waals surface area contributed by atoms with Gasteiger partial charge in [0.1, 0.15) is 29.1 Å². The van der Waals surface area contributed by atoms with Gasteiger partial charge in [0.25, 0.3) is 5.91 Å². The van der Waals surface area contributed by atoms with Crippen LogP contribution in [0.2, 0.25) is 0 Å². The summed E-state index contributed by atoms with van der Waals surface area (Å²) in [6.45, 7) is 15.0. The van der Waals surface area contributed by atoms with E-state index < -0.39 is 78.7 Å². The Balaban J connectivity index is 1.87. The minimum atomic E-state index is -1.04. The van der Waals surface area contributed by atoms with Gasteiger partial charge in [-0.1, -0.05) is 95.0 Å². The van der Waals surface area contributed by atoms with Crippen LogP contribution in [0.25, 0.3) is 0 Å². The van der Waals surface area contributed by atoms with Gasteiger partial charge in [0.2, 0.25) is 17.7 Å². The number of nitrogens with one attached hydrogen (secondary N) is 4. The number of phenolic OH excluding ortho intramolecular Hbond substituents is 1. The Labute approximate surface area is 419 Å². The number of ether oxygens (including phenoxy) is 3. The summed E-state index contributed by atoms with van der Waals surface area (Å²) in [5, 5.41) is 17.8. The minimum Gasteiger partial charge on any atom is -0.508 e. The molecule has 1 aromatic carbocycles. The Morgan fingerprint density at radius 3 is 2.28 bits per heavy atom. The smallest absolute Gasteiger partial charge is 0.426 e. The third-order valence-corrected chi connectivity index (χ3v) is 15.3. The van der Waals surface area contributed by atoms with Crippen LogP contribution in [-0.2, 0) is 44.6 Å². The Bertz CT molecular complexity index is 1960. The highest BCUT2D eigenvalue weighted by Gasteiger charge is 2.39. The van der Waals surface area contributed by atoms with Crippen molar-refractivity contribution in [2.45, 2.75) is 150 Å². The fraction of sp³-hybridized carbons (Fsp3) is 0.667. The molecule has 3 rings (SSSR count). The number of aromatic hydroxyl groups is 1. The summed E-state index contributed by atoms with van der Waals surface area (Å²) in [5.74, 6) is -2.48. The van der Waals surface area contributed by atoms with Gasteiger partial charge in [0.15, 0.2) is 12.8 Å². The van der Waals surface area contributed by atoms with Crippen LogP contribution in [-0.4, -0.2) is 124 Å². The fourth-order valence-electron chi connectivity index (χ4n) is 7.72. The Hall–Kier alpha value is -4.60. The lowest BCUT2D eigenvalue weighted by atomic mass is 9.92. The van der Waals surface area contributed by atoms with Gasteiger partial charge in [-0.15, -0.1) is 11.3 Å². The quantitative estimate of drug-likeness (QED) is 0.0145. The number of hydrogen-bond acceptors (Lipinski definition) is 16. The number of hydrazine groups is 1. The standard InChI is InChI=1S/C48H75N7O11S3/c1-10-15-41(58)65-29-55(47(62)42(31(6)12-3)51-45(61)38-16-13-14-21-54(38)9)39(30(4)5)27-40(66-33(8)56)46-50-37(28-67-46)44(60)49-35(26-34-17-19-36(57)20-18-34)25-32(7)43(59)52-53-48(63)64-22-24-69-68-23-11-2/h17-20,28,30-32,35,38-40,42,57H,10-16,21-27,29H2,1-9H3,(H,49,60)(H,51,61)(H,52,59)(H,53,63)/t31?,32-,35+,38+,39+,40+,42-/m0/s1. The van der Waals surface area contributed by atoms with Crippen molar-refractivity contribution in [2.75, 3.05) is 38.4 Å². The molecular weight excluding hydrogens is 947 g/mol. The second kappa shape index (κ2) is 30.9. The molecule has 0 saturated carbocycles. The van der Waals surface area contributed by atoms with Gasteiger partial charge in [-0.3, -0.25) is 39.1 Å². The molecular formula is C48H75N7O11S3. The predicted octanol–water partition coefficient (Wildman–Crippen LogP) is 6.93. The maximum atomic E-state index is 14.9. The molecule has 1 saturated heterocycles. The van der Waals surface area contributed by atoms with Crippen LogP contribution in [0.15, 0.2) is 29.6 Å². The van der Waals surface area contributed by atoms with E-state index in [1.165, 1.54) is 29.3 Å². The zero-order valence-corrected chi connectivity index (χ0v) is 44.2. The second-order valence-electron chi connectivity index (χ2n) is 17.9. The molecule has 1 aliphatic rings. The van der Waals surface area contributed by atoms with Crippen molar-refractivity contribution >= 4 is 74.6 Å². The first-order valence-electron chi connectivity index (χ1n) is 24.0. The summed E-state index contributed by atoms with van der Waals surface area (Å²) in [5.41, 5.74) is 5.45. The molecule has 18 nitrogen and oxygen atoms in total. The van der Waals surface area contributed by atoms with Crippen LogP contribution in [0.5, 0.6) is 5.75 Å². The molecule has 2 heterocycles. The number of likely N-dealkylation sites (N-methyl/N-ethyl adjacent to an activating group) is 1. The van der Waals surface area contributed by atoms with Crippen LogP contribution in [0.4, 0.5) is 4.79 Å². The molecule has 0 radical (unpaired) electrons. The third kappa shape index (κ3) is 20.3. The van der Waals surface area contributed by atoms with Crippen molar-refractivity contribution in [2.24, 2.45) is 17.8 Å². The molecule has 69 heavy (non-hydrogen) atoms. The van der Waals surface area contributed by atoms with Crippen molar-refractivity contribution in [1.29, 1.82) is 0 Å². The second-order valence-corrected chi connectivity index (χ2v) is 21.4. The molecule has 386 valence electrons. The first kappa shape index (κ1) is 58.7. The van der Waals surface area contributed by atoms with E-state index in [9.17, 15) is 38.7 Å². The molecule has 5 amide bonds. The predicted molar refractivity (Wildman–Crippen MR) is 269 cm³/mol. The summed E-state index contributed by atoms with van der Waals surface area (Å²) in [6.07, 6.45) is 3.44. The van der Waals surface area contributed by atoms with E-state index in [-0.39, 0.29) is 66.5 Å². The number of phenols is 1. The fourth-order valence-corrected chi connectivity index (χ4v) is 10.5. The lowest BCUT2D eigenvalue weighted by Gasteiger charge is -2.39. The molecule has 0 spiro atoms. The summed E-state index contributed by atoms with van der Waals surface area (Å²) in [6, 6.07) is 3.79. The van der Waals surface area contributed by atoms with Gasteiger partial charge < -0.3 is 34.9 Å². The number of amides is 5. The molecule has 1 aliphatic heterocycles. The number of nitrogens with zero attached hydrogens (tertiary/aromatic N) is 3.